The van der Waals surface area contributed by atoms with E-state index in [0.29, 0.717) is 30.7 Å². The number of ether oxygens (including phenoxy) is 4. The number of hydrogen-bond acceptors (Lipinski definition) is 5. The van der Waals surface area contributed by atoms with Crippen LogP contribution in [0.4, 0.5) is 0 Å². The summed E-state index contributed by atoms with van der Waals surface area (Å²) < 4.78 is 24.9. The summed E-state index contributed by atoms with van der Waals surface area (Å²) >= 11 is 0. The smallest absolute Gasteiger partial charge is 0.355 e. The second-order valence-corrected chi connectivity index (χ2v) is 10.2. The van der Waals surface area contributed by atoms with Gasteiger partial charge in [0.2, 0.25) is 0 Å². The average Bonchev–Trinajstić information content (AvgIpc) is 3.72. The van der Waals surface area contributed by atoms with Crippen molar-refractivity contribution < 1.29 is 23.7 Å². The Morgan fingerprint density at radius 1 is 0.950 bits per heavy atom. The molecule has 1 saturated carbocycles. The molecule has 2 aliphatic rings. The minimum absolute atomic E-state index is 0.289. The average molecular weight is 536 g/mol. The lowest BCUT2D eigenvalue weighted by molar-refractivity contribution is 0.0516. The fraction of sp³-hybridized carbons (Fsp3) is 0.265. The highest BCUT2D eigenvalue weighted by Gasteiger charge is 2.41. The molecule has 2 aliphatic carbocycles. The summed E-state index contributed by atoms with van der Waals surface area (Å²) in [5, 5.41) is 0.935. The predicted molar refractivity (Wildman–Crippen MR) is 155 cm³/mol. The van der Waals surface area contributed by atoms with Crippen molar-refractivity contribution in [1.29, 1.82) is 0 Å². The van der Waals surface area contributed by atoms with Gasteiger partial charge in [0.05, 0.1) is 20.8 Å². The van der Waals surface area contributed by atoms with Crippen molar-refractivity contribution >= 4 is 16.9 Å². The first-order valence-corrected chi connectivity index (χ1v) is 13.7. The minimum atomic E-state index is -0.345. The Morgan fingerprint density at radius 2 is 1.73 bits per heavy atom. The van der Waals surface area contributed by atoms with E-state index in [4.69, 9.17) is 18.9 Å². The molecule has 0 aliphatic heterocycles. The van der Waals surface area contributed by atoms with E-state index in [-0.39, 0.29) is 12.6 Å². The number of hydrogen-bond donors (Lipinski definition) is 0. The Hall–Kier alpha value is -4.45. The summed E-state index contributed by atoms with van der Waals surface area (Å²) in [4.78, 5) is 13.6. The van der Waals surface area contributed by atoms with Gasteiger partial charge in [0.15, 0.2) is 0 Å². The number of carbonyl (C=O) groups excluding carboxylic acids is 1. The van der Waals surface area contributed by atoms with Crippen LogP contribution in [0.3, 0.4) is 0 Å². The number of carbonyl (C=O) groups is 1. The molecule has 0 radical (unpaired) electrons. The number of fused-ring (bicyclic) bond motifs is 2. The van der Waals surface area contributed by atoms with E-state index in [1.54, 1.807) is 14.2 Å². The van der Waals surface area contributed by atoms with Crippen LogP contribution in [0.15, 0.2) is 96.3 Å². The fourth-order valence-corrected chi connectivity index (χ4v) is 5.64. The zero-order valence-electron chi connectivity index (χ0n) is 23.1. The number of nitrogens with zero attached hydrogens (tertiary/aromatic N) is 1. The largest absolute Gasteiger partial charge is 0.497 e. The third-order valence-electron chi connectivity index (χ3n) is 7.73. The van der Waals surface area contributed by atoms with Crippen molar-refractivity contribution in [3.05, 3.63) is 108 Å². The normalized spacial score (nSPS) is 17.5. The van der Waals surface area contributed by atoms with Crippen LogP contribution in [0.5, 0.6) is 11.5 Å². The lowest BCUT2D eigenvalue weighted by atomic mass is 10.0. The van der Waals surface area contributed by atoms with E-state index in [0.717, 1.165) is 51.3 Å². The second kappa shape index (κ2) is 11.0. The molecule has 0 spiro atoms. The summed E-state index contributed by atoms with van der Waals surface area (Å²) in [5.74, 6) is 3.01. The maximum absolute atomic E-state index is 13.6. The maximum Gasteiger partial charge on any atom is 0.355 e. The van der Waals surface area contributed by atoms with Crippen molar-refractivity contribution in [2.24, 2.45) is 11.8 Å². The molecule has 2 atom stereocenters. The van der Waals surface area contributed by atoms with Crippen LogP contribution >= 0.6 is 0 Å². The quantitative estimate of drug-likeness (QED) is 0.201. The topological polar surface area (TPSA) is 58.9 Å². The Balaban J connectivity index is 1.50. The predicted octanol–water partition coefficient (Wildman–Crippen LogP) is 7.18. The maximum atomic E-state index is 13.6. The molecule has 0 saturated heterocycles. The molecule has 6 rings (SSSR count). The van der Waals surface area contributed by atoms with E-state index < -0.39 is 0 Å². The number of esters is 1. The van der Waals surface area contributed by atoms with E-state index in [9.17, 15) is 4.79 Å². The minimum Gasteiger partial charge on any atom is -0.497 e. The highest BCUT2D eigenvalue weighted by molar-refractivity contribution is 6.09. The molecule has 4 aromatic rings. The van der Waals surface area contributed by atoms with Gasteiger partial charge < -0.3 is 23.5 Å². The first kappa shape index (κ1) is 25.8. The van der Waals surface area contributed by atoms with Gasteiger partial charge in [-0.2, -0.15) is 0 Å². The monoisotopic (exact) mass is 535 g/mol. The van der Waals surface area contributed by atoms with E-state index in [2.05, 4.69) is 16.7 Å². The fourth-order valence-electron chi connectivity index (χ4n) is 5.64. The molecular formula is C34H33NO5. The molecule has 0 amide bonds. The Labute approximate surface area is 234 Å². The number of rotatable bonds is 10. The Morgan fingerprint density at radius 3 is 2.45 bits per heavy atom. The van der Waals surface area contributed by atoms with Gasteiger partial charge >= 0.3 is 5.97 Å². The van der Waals surface area contributed by atoms with Gasteiger partial charge in [-0.15, -0.1) is 0 Å². The Bertz CT molecular complexity index is 1600. The molecule has 6 nitrogen and oxygen atoms in total. The lowest BCUT2D eigenvalue weighted by Crippen LogP contribution is -2.16. The highest BCUT2D eigenvalue weighted by atomic mass is 16.5. The summed E-state index contributed by atoms with van der Waals surface area (Å²) in [6.45, 7) is 3.16. The first-order chi connectivity index (χ1) is 19.6. The van der Waals surface area contributed by atoms with Crippen molar-refractivity contribution in [2.75, 3.05) is 20.8 Å². The molecule has 2 unspecified atom stereocenters. The summed E-state index contributed by atoms with van der Waals surface area (Å²) in [5.41, 5.74) is 5.58. The van der Waals surface area contributed by atoms with Gasteiger partial charge in [0.25, 0.3) is 0 Å². The van der Waals surface area contributed by atoms with Crippen LogP contribution in [0.1, 0.15) is 29.4 Å². The van der Waals surface area contributed by atoms with Crippen LogP contribution < -0.4 is 9.47 Å². The van der Waals surface area contributed by atoms with Crippen LogP contribution in [-0.4, -0.2) is 31.4 Å². The third kappa shape index (κ3) is 4.97. The van der Waals surface area contributed by atoms with Crippen LogP contribution in [0, 0.1) is 11.8 Å². The van der Waals surface area contributed by atoms with Crippen LogP contribution in [0.2, 0.25) is 0 Å². The van der Waals surface area contributed by atoms with Gasteiger partial charge in [-0.05, 0) is 84.4 Å². The molecule has 0 N–H and O–H groups in total. The number of methoxy groups -OCH3 is 2. The van der Waals surface area contributed by atoms with Gasteiger partial charge in [0.1, 0.15) is 29.6 Å². The Kier molecular flexibility index (Phi) is 7.08. The van der Waals surface area contributed by atoms with Crippen molar-refractivity contribution in [3.8, 4) is 22.6 Å². The zero-order valence-corrected chi connectivity index (χ0v) is 23.1. The summed E-state index contributed by atoms with van der Waals surface area (Å²) in [6.07, 6.45) is 5.43. The molecule has 1 fully saturated rings. The SMILES string of the molecule is CCOC(=O)c1c(-c2ccc(OC)cc2)c2cc(OCc3ccccc3)ccc2n1CC1=CC(OC)=CC2CC12. The van der Waals surface area contributed by atoms with Crippen molar-refractivity contribution in [3.63, 3.8) is 0 Å². The van der Waals surface area contributed by atoms with E-state index in [1.165, 1.54) is 5.57 Å². The molecular weight excluding hydrogens is 502 g/mol. The summed E-state index contributed by atoms with van der Waals surface area (Å²) in [6, 6.07) is 23.9. The van der Waals surface area contributed by atoms with Crippen molar-refractivity contribution in [1.82, 2.24) is 4.57 Å². The standard InChI is InChI=1S/C34H33NO5/c1-4-39-34(36)33-32(23-10-12-26(37-2)13-11-23)30-19-27(40-21-22-8-6-5-7-9-22)14-15-31(30)35(33)20-25-17-28(38-3)16-24-18-29(24)25/h5-17,19,24,29H,4,18,20-21H2,1-3H3. The van der Waals surface area contributed by atoms with Crippen LogP contribution in [0.25, 0.3) is 22.0 Å². The van der Waals surface area contributed by atoms with Gasteiger partial charge in [-0.25, -0.2) is 4.79 Å². The highest BCUT2D eigenvalue weighted by Crippen LogP contribution is 2.50. The van der Waals surface area contributed by atoms with E-state index in [1.807, 2.05) is 79.7 Å². The molecule has 3 aromatic carbocycles. The number of aromatic nitrogens is 1. The van der Waals surface area contributed by atoms with Crippen molar-refractivity contribution in [2.45, 2.75) is 26.5 Å². The summed E-state index contributed by atoms with van der Waals surface area (Å²) in [7, 11) is 3.35. The molecule has 204 valence electrons. The van der Waals surface area contributed by atoms with Gasteiger partial charge in [-0.3, -0.25) is 0 Å². The van der Waals surface area contributed by atoms with Gasteiger partial charge in [0, 0.05) is 23.0 Å². The van der Waals surface area contributed by atoms with Gasteiger partial charge in [-0.1, -0.05) is 42.5 Å². The zero-order chi connectivity index (χ0) is 27.6. The van der Waals surface area contributed by atoms with Crippen LogP contribution in [-0.2, 0) is 22.6 Å². The first-order valence-electron chi connectivity index (χ1n) is 13.7. The molecule has 6 heteroatoms. The second-order valence-electron chi connectivity index (χ2n) is 10.2. The van der Waals surface area contributed by atoms with E-state index >= 15 is 0 Å². The molecule has 1 heterocycles. The number of allylic oxidation sites excluding steroid dienone is 3. The number of benzene rings is 3. The molecule has 40 heavy (non-hydrogen) atoms. The lowest BCUT2D eigenvalue weighted by Gasteiger charge is -2.17. The third-order valence-corrected chi connectivity index (χ3v) is 7.73. The molecule has 0 bridgehead atoms. The molecule has 1 aromatic heterocycles.